The molecule has 0 aliphatic carbocycles. The van der Waals surface area contributed by atoms with Crippen molar-refractivity contribution < 1.29 is 0 Å². The molecule has 0 aliphatic rings. The second kappa shape index (κ2) is 5.50. The summed E-state index contributed by atoms with van der Waals surface area (Å²) in [7, 11) is 0. The monoisotopic (exact) mass is 303 g/mol. The van der Waals surface area contributed by atoms with Gasteiger partial charge < -0.3 is 5.32 Å². The molecular formula is C15H17N3S2. The molecule has 2 heterocycles. The fourth-order valence-corrected chi connectivity index (χ4v) is 3.97. The Balaban J connectivity index is 1.83. The van der Waals surface area contributed by atoms with Gasteiger partial charge in [-0.2, -0.15) is 0 Å². The highest BCUT2D eigenvalue weighted by molar-refractivity contribution is 7.22. The zero-order valence-electron chi connectivity index (χ0n) is 11.8. The molecule has 0 bridgehead atoms. The van der Waals surface area contributed by atoms with Crippen LogP contribution in [0.3, 0.4) is 0 Å². The molecule has 0 amide bonds. The molecule has 3 aromatic rings. The minimum atomic E-state index is 0.196. The van der Waals surface area contributed by atoms with Crippen LogP contribution in [0, 0.1) is 6.92 Å². The molecule has 3 nitrogen and oxygen atoms in total. The Kier molecular flexibility index (Phi) is 3.72. The van der Waals surface area contributed by atoms with E-state index in [4.69, 9.17) is 0 Å². The smallest absolute Gasteiger partial charge is 0.184 e. The van der Waals surface area contributed by atoms with Crippen molar-refractivity contribution in [3.8, 4) is 0 Å². The van der Waals surface area contributed by atoms with Crippen molar-refractivity contribution in [3.63, 3.8) is 0 Å². The Hall–Kier alpha value is -1.46. The van der Waals surface area contributed by atoms with E-state index in [2.05, 4.69) is 54.3 Å². The molecule has 5 heteroatoms. The lowest BCUT2D eigenvalue weighted by atomic mass is 10.2. The third kappa shape index (κ3) is 2.55. The van der Waals surface area contributed by atoms with Crippen LogP contribution in [-0.4, -0.2) is 9.97 Å². The van der Waals surface area contributed by atoms with E-state index in [9.17, 15) is 0 Å². The maximum absolute atomic E-state index is 4.69. The third-order valence-electron chi connectivity index (χ3n) is 3.25. The number of hydrogen-bond donors (Lipinski definition) is 1. The Morgan fingerprint density at radius 3 is 2.85 bits per heavy atom. The van der Waals surface area contributed by atoms with Crippen LogP contribution in [0.25, 0.3) is 10.2 Å². The molecular weight excluding hydrogens is 286 g/mol. The standard InChI is InChI=1S/C15H17N3S2/c1-4-11-8-16-14(19-11)10(3)17-15-18-13-9(2)6-5-7-12(13)20-15/h5-8,10H,4H2,1-3H3,(H,17,18). The van der Waals surface area contributed by atoms with Gasteiger partial charge in [0.15, 0.2) is 5.13 Å². The number of nitrogens with one attached hydrogen (secondary N) is 1. The third-order valence-corrected chi connectivity index (χ3v) is 5.53. The average molecular weight is 303 g/mol. The van der Waals surface area contributed by atoms with E-state index in [1.54, 1.807) is 22.7 Å². The van der Waals surface area contributed by atoms with Crippen molar-refractivity contribution in [2.24, 2.45) is 0 Å². The van der Waals surface area contributed by atoms with E-state index >= 15 is 0 Å². The molecule has 0 aliphatic heterocycles. The highest BCUT2D eigenvalue weighted by Crippen LogP contribution is 2.31. The van der Waals surface area contributed by atoms with Crippen LogP contribution < -0.4 is 5.32 Å². The van der Waals surface area contributed by atoms with Gasteiger partial charge in [-0.15, -0.1) is 11.3 Å². The van der Waals surface area contributed by atoms with E-state index in [0.717, 1.165) is 22.1 Å². The van der Waals surface area contributed by atoms with Gasteiger partial charge in [0.1, 0.15) is 5.01 Å². The molecule has 1 unspecified atom stereocenters. The van der Waals surface area contributed by atoms with E-state index in [1.165, 1.54) is 15.1 Å². The van der Waals surface area contributed by atoms with Gasteiger partial charge in [-0.25, -0.2) is 9.97 Å². The molecule has 0 radical (unpaired) electrons. The highest BCUT2D eigenvalue weighted by Gasteiger charge is 2.13. The number of thiazole rings is 2. The predicted octanol–water partition coefficient (Wildman–Crippen LogP) is 4.80. The molecule has 0 fully saturated rings. The fraction of sp³-hybridized carbons (Fsp3) is 0.333. The van der Waals surface area contributed by atoms with Crippen molar-refractivity contribution in [3.05, 3.63) is 39.8 Å². The van der Waals surface area contributed by atoms with Crippen LogP contribution in [0.1, 0.15) is 35.3 Å². The van der Waals surface area contributed by atoms with Gasteiger partial charge in [0.2, 0.25) is 0 Å². The van der Waals surface area contributed by atoms with Crippen LogP contribution in [0.15, 0.2) is 24.4 Å². The van der Waals surface area contributed by atoms with Crippen molar-refractivity contribution in [2.75, 3.05) is 5.32 Å². The van der Waals surface area contributed by atoms with Gasteiger partial charge >= 0.3 is 0 Å². The van der Waals surface area contributed by atoms with Gasteiger partial charge in [-0.3, -0.25) is 0 Å². The Morgan fingerprint density at radius 2 is 2.15 bits per heavy atom. The number of nitrogens with zero attached hydrogens (tertiary/aromatic N) is 2. The molecule has 104 valence electrons. The molecule has 1 atom stereocenters. The number of anilines is 1. The average Bonchev–Trinajstić information content (AvgIpc) is 3.05. The lowest BCUT2D eigenvalue weighted by Gasteiger charge is -2.08. The molecule has 2 aromatic heterocycles. The molecule has 1 aromatic carbocycles. The van der Waals surface area contributed by atoms with Crippen molar-refractivity contribution >= 4 is 38.0 Å². The second-order valence-electron chi connectivity index (χ2n) is 4.83. The Labute approximate surface area is 126 Å². The first kappa shape index (κ1) is 13.5. The number of hydrogen-bond acceptors (Lipinski definition) is 5. The predicted molar refractivity (Wildman–Crippen MR) is 87.9 cm³/mol. The Bertz CT molecular complexity index is 730. The number of para-hydroxylation sites is 1. The molecule has 20 heavy (non-hydrogen) atoms. The molecule has 0 saturated heterocycles. The van der Waals surface area contributed by atoms with Crippen molar-refractivity contribution in [1.29, 1.82) is 0 Å². The summed E-state index contributed by atoms with van der Waals surface area (Å²) in [4.78, 5) is 10.5. The lowest BCUT2D eigenvalue weighted by Crippen LogP contribution is -2.05. The zero-order valence-corrected chi connectivity index (χ0v) is 13.4. The molecule has 0 spiro atoms. The van der Waals surface area contributed by atoms with E-state index in [-0.39, 0.29) is 6.04 Å². The minimum Gasteiger partial charge on any atom is -0.353 e. The van der Waals surface area contributed by atoms with Crippen LogP contribution in [0.4, 0.5) is 5.13 Å². The number of fused-ring (bicyclic) bond motifs is 1. The number of benzene rings is 1. The maximum atomic E-state index is 4.69. The highest BCUT2D eigenvalue weighted by atomic mass is 32.1. The van der Waals surface area contributed by atoms with Crippen LogP contribution in [0.2, 0.25) is 0 Å². The molecule has 1 N–H and O–H groups in total. The zero-order chi connectivity index (χ0) is 14.1. The first-order valence-corrected chi connectivity index (χ1v) is 8.38. The van der Waals surface area contributed by atoms with Crippen molar-refractivity contribution in [2.45, 2.75) is 33.2 Å². The summed E-state index contributed by atoms with van der Waals surface area (Å²) in [5.41, 5.74) is 2.32. The van der Waals surface area contributed by atoms with Gasteiger partial charge in [-0.05, 0) is 31.9 Å². The van der Waals surface area contributed by atoms with Crippen LogP contribution in [-0.2, 0) is 6.42 Å². The number of aromatic nitrogens is 2. The largest absolute Gasteiger partial charge is 0.353 e. The van der Waals surface area contributed by atoms with Gasteiger partial charge in [0, 0.05) is 11.1 Å². The SMILES string of the molecule is CCc1cnc(C(C)Nc2nc3c(C)cccc3s2)s1. The van der Waals surface area contributed by atoms with Gasteiger partial charge in [0.25, 0.3) is 0 Å². The number of aryl methyl sites for hydroxylation is 2. The normalized spacial score (nSPS) is 12.8. The summed E-state index contributed by atoms with van der Waals surface area (Å²) in [6.45, 7) is 6.40. The summed E-state index contributed by atoms with van der Waals surface area (Å²) >= 11 is 3.48. The van der Waals surface area contributed by atoms with E-state index < -0.39 is 0 Å². The fourth-order valence-electron chi connectivity index (χ4n) is 2.08. The van der Waals surface area contributed by atoms with E-state index in [1.807, 2.05) is 6.20 Å². The second-order valence-corrected chi connectivity index (χ2v) is 7.00. The lowest BCUT2D eigenvalue weighted by molar-refractivity contribution is 0.867. The van der Waals surface area contributed by atoms with Gasteiger partial charge in [0.05, 0.1) is 16.3 Å². The summed E-state index contributed by atoms with van der Waals surface area (Å²) < 4.78 is 1.23. The van der Waals surface area contributed by atoms with Crippen LogP contribution >= 0.6 is 22.7 Å². The summed E-state index contributed by atoms with van der Waals surface area (Å²) in [6.07, 6.45) is 3.02. The van der Waals surface area contributed by atoms with Gasteiger partial charge in [-0.1, -0.05) is 30.4 Å². The maximum Gasteiger partial charge on any atom is 0.184 e. The summed E-state index contributed by atoms with van der Waals surface area (Å²) in [6, 6.07) is 6.50. The first-order chi connectivity index (χ1) is 9.67. The van der Waals surface area contributed by atoms with Crippen LogP contribution in [0.5, 0.6) is 0 Å². The number of rotatable bonds is 4. The van der Waals surface area contributed by atoms with E-state index in [0.29, 0.717) is 0 Å². The topological polar surface area (TPSA) is 37.8 Å². The summed E-state index contributed by atoms with van der Waals surface area (Å²) in [5.74, 6) is 0. The molecule has 0 saturated carbocycles. The van der Waals surface area contributed by atoms with Crippen molar-refractivity contribution in [1.82, 2.24) is 9.97 Å². The quantitative estimate of drug-likeness (QED) is 0.752. The molecule has 3 rings (SSSR count). The first-order valence-electron chi connectivity index (χ1n) is 6.74. The summed E-state index contributed by atoms with van der Waals surface area (Å²) in [5, 5.41) is 5.56. The Morgan fingerprint density at radius 1 is 1.30 bits per heavy atom. The minimum absolute atomic E-state index is 0.196.